The molecule has 4 aromatic rings. The molecule has 3 aromatic heterocycles. The monoisotopic (exact) mass is 340 g/mol. The van der Waals surface area contributed by atoms with Crippen molar-refractivity contribution in [3.8, 4) is 11.3 Å². The summed E-state index contributed by atoms with van der Waals surface area (Å²) >= 11 is 6.10. The van der Waals surface area contributed by atoms with E-state index in [1.54, 1.807) is 6.33 Å². The summed E-state index contributed by atoms with van der Waals surface area (Å²) in [6.45, 7) is 3.17. The minimum Gasteiger partial charge on any atom is -0.331 e. The molecule has 0 aliphatic heterocycles. The molecule has 122 valence electrons. The molecule has 0 bridgehead atoms. The van der Waals surface area contributed by atoms with Gasteiger partial charge < -0.3 is 9.13 Å². The Kier molecular flexibility index (Phi) is 3.69. The first-order valence-corrected chi connectivity index (χ1v) is 8.35. The summed E-state index contributed by atoms with van der Waals surface area (Å²) in [5, 5.41) is 0.217. The number of unbranched alkanes of at least 4 members (excludes halogenated alkanes) is 1. The predicted octanol–water partition coefficient (Wildman–Crippen LogP) is 3.83. The van der Waals surface area contributed by atoms with Crippen molar-refractivity contribution in [3.05, 3.63) is 36.1 Å². The van der Waals surface area contributed by atoms with Crippen molar-refractivity contribution in [1.29, 1.82) is 0 Å². The van der Waals surface area contributed by atoms with Crippen molar-refractivity contribution in [2.24, 2.45) is 7.05 Å². The third kappa shape index (κ3) is 2.43. The van der Waals surface area contributed by atoms with Crippen LogP contribution in [0.3, 0.4) is 0 Å². The normalized spacial score (nSPS) is 11.6. The molecule has 4 rings (SSSR count). The lowest BCUT2D eigenvalue weighted by Crippen LogP contribution is -1.96. The van der Waals surface area contributed by atoms with Gasteiger partial charge in [-0.1, -0.05) is 19.4 Å². The van der Waals surface area contributed by atoms with Crippen LogP contribution in [0.5, 0.6) is 0 Å². The Hall–Kier alpha value is -2.47. The number of benzene rings is 1. The number of fused-ring (bicyclic) bond motifs is 2. The molecule has 6 nitrogen and oxygen atoms in total. The van der Waals surface area contributed by atoms with Gasteiger partial charge in [0, 0.05) is 19.2 Å². The summed E-state index contributed by atoms with van der Waals surface area (Å²) < 4.78 is 4.02. The fourth-order valence-electron chi connectivity index (χ4n) is 2.90. The second-order valence-electron chi connectivity index (χ2n) is 5.86. The number of halogens is 1. The maximum atomic E-state index is 6.10. The molecule has 3 heterocycles. The second-order valence-corrected chi connectivity index (χ2v) is 6.20. The summed E-state index contributed by atoms with van der Waals surface area (Å²) in [4.78, 5) is 17.6. The third-order valence-electron chi connectivity index (χ3n) is 4.18. The molecule has 0 aliphatic carbocycles. The van der Waals surface area contributed by atoms with Gasteiger partial charge in [-0.15, -0.1) is 0 Å². The number of aryl methyl sites for hydroxylation is 2. The first-order valence-electron chi connectivity index (χ1n) is 7.97. The Balaban J connectivity index is 1.85. The molecular weight excluding hydrogens is 324 g/mol. The summed E-state index contributed by atoms with van der Waals surface area (Å²) in [5.41, 5.74) is 5.21. The van der Waals surface area contributed by atoms with Crippen LogP contribution in [-0.2, 0) is 13.6 Å². The van der Waals surface area contributed by atoms with Gasteiger partial charge in [0.25, 0.3) is 0 Å². The second kappa shape index (κ2) is 5.87. The highest BCUT2D eigenvalue weighted by molar-refractivity contribution is 6.28. The predicted molar refractivity (Wildman–Crippen MR) is 94.9 cm³/mol. The number of imidazole rings is 2. The molecule has 0 atom stereocenters. The number of hydrogen-bond donors (Lipinski definition) is 0. The molecule has 24 heavy (non-hydrogen) atoms. The molecule has 0 unspecified atom stereocenters. The summed E-state index contributed by atoms with van der Waals surface area (Å²) in [5.74, 6) is 0. The summed E-state index contributed by atoms with van der Waals surface area (Å²) in [7, 11) is 1.89. The van der Waals surface area contributed by atoms with Gasteiger partial charge in [-0.25, -0.2) is 15.0 Å². The molecule has 1 aromatic carbocycles. The molecule has 0 amide bonds. The van der Waals surface area contributed by atoms with Crippen molar-refractivity contribution in [2.75, 3.05) is 0 Å². The standard InChI is InChI=1S/C17H17ClN6/c1-3-4-7-24-10-19-12-8-11(5-6-13(12)24)14-15-16(22-17(18)21-14)23(2)9-20-15/h5-6,8-10H,3-4,7H2,1-2H3. The zero-order chi connectivity index (χ0) is 16.7. The quantitative estimate of drug-likeness (QED) is 0.530. The van der Waals surface area contributed by atoms with Crippen molar-refractivity contribution >= 4 is 33.8 Å². The van der Waals surface area contributed by atoms with Crippen molar-refractivity contribution in [2.45, 2.75) is 26.3 Å². The van der Waals surface area contributed by atoms with E-state index in [1.165, 1.54) is 0 Å². The Morgan fingerprint density at radius 3 is 2.83 bits per heavy atom. The van der Waals surface area contributed by atoms with Crippen molar-refractivity contribution < 1.29 is 0 Å². The van der Waals surface area contributed by atoms with Gasteiger partial charge in [0.05, 0.1) is 23.7 Å². The van der Waals surface area contributed by atoms with E-state index in [4.69, 9.17) is 11.6 Å². The highest BCUT2D eigenvalue weighted by Gasteiger charge is 2.14. The lowest BCUT2D eigenvalue weighted by Gasteiger charge is -2.05. The van der Waals surface area contributed by atoms with Crippen LogP contribution in [-0.4, -0.2) is 29.1 Å². The lowest BCUT2D eigenvalue weighted by molar-refractivity contribution is 0.646. The first-order chi connectivity index (χ1) is 11.7. The van der Waals surface area contributed by atoms with Crippen LogP contribution < -0.4 is 0 Å². The Morgan fingerprint density at radius 1 is 1.12 bits per heavy atom. The molecule has 0 radical (unpaired) electrons. The van der Waals surface area contributed by atoms with Crippen molar-refractivity contribution in [3.63, 3.8) is 0 Å². The largest absolute Gasteiger partial charge is 0.331 e. The summed E-state index contributed by atoms with van der Waals surface area (Å²) in [6.07, 6.45) is 5.92. The van der Waals surface area contributed by atoms with Gasteiger partial charge in [0.15, 0.2) is 5.65 Å². The molecule has 7 heteroatoms. The number of aromatic nitrogens is 6. The maximum absolute atomic E-state index is 6.10. The van der Waals surface area contributed by atoms with Crippen LogP contribution in [0.15, 0.2) is 30.9 Å². The van der Waals surface area contributed by atoms with Gasteiger partial charge in [-0.3, -0.25) is 0 Å². The van der Waals surface area contributed by atoms with Gasteiger partial charge in [-0.2, -0.15) is 4.98 Å². The van der Waals surface area contributed by atoms with E-state index >= 15 is 0 Å². The van der Waals surface area contributed by atoms with Crippen LogP contribution in [0.2, 0.25) is 5.28 Å². The maximum Gasteiger partial charge on any atom is 0.225 e. The molecule has 0 aliphatic rings. The average Bonchev–Trinajstić information content (AvgIpc) is 3.16. The topological polar surface area (TPSA) is 61.4 Å². The molecule has 0 fully saturated rings. The fraction of sp³-hybridized carbons (Fsp3) is 0.294. The Labute approximate surface area is 144 Å². The zero-order valence-electron chi connectivity index (χ0n) is 13.6. The van der Waals surface area contributed by atoms with E-state index in [-0.39, 0.29) is 5.28 Å². The molecular formula is C17H17ClN6. The lowest BCUT2D eigenvalue weighted by atomic mass is 10.1. The van der Waals surface area contributed by atoms with Crippen LogP contribution in [0.25, 0.3) is 33.5 Å². The average molecular weight is 341 g/mol. The molecule has 0 spiro atoms. The van der Waals surface area contributed by atoms with E-state index in [0.717, 1.165) is 52.8 Å². The zero-order valence-corrected chi connectivity index (χ0v) is 14.3. The Morgan fingerprint density at radius 2 is 2.00 bits per heavy atom. The van der Waals surface area contributed by atoms with Gasteiger partial charge in [0.1, 0.15) is 11.2 Å². The minimum atomic E-state index is 0.217. The van der Waals surface area contributed by atoms with Crippen LogP contribution >= 0.6 is 11.6 Å². The van der Waals surface area contributed by atoms with E-state index in [1.807, 2.05) is 30.1 Å². The SMILES string of the molecule is CCCCn1cnc2cc(-c3nc(Cl)nc4c3ncn4C)ccc21. The number of nitrogens with zero attached hydrogens (tertiary/aromatic N) is 6. The molecule has 0 N–H and O–H groups in total. The van der Waals surface area contributed by atoms with Gasteiger partial charge in [-0.05, 0) is 30.2 Å². The molecule has 0 saturated carbocycles. The van der Waals surface area contributed by atoms with E-state index in [0.29, 0.717) is 0 Å². The first kappa shape index (κ1) is 15.1. The van der Waals surface area contributed by atoms with E-state index in [9.17, 15) is 0 Å². The van der Waals surface area contributed by atoms with Crippen LogP contribution in [0, 0.1) is 0 Å². The smallest absolute Gasteiger partial charge is 0.225 e. The summed E-state index contributed by atoms with van der Waals surface area (Å²) in [6, 6.07) is 6.15. The minimum absolute atomic E-state index is 0.217. The van der Waals surface area contributed by atoms with Crippen LogP contribution in [0.1, 0.15) is 19.8 Å². The van der Waals surface area contributed by atoms with Gasteiger partial charge in [0.2, 0.25) is 5.28 Å². The number of rotatable bonds is 4. The van der Waals surface area contributed by atoms with Crippen LogP contribution in [0.4, 0.5) is 0 Å². The van der Waals surface area contributed by atoms with Gasteiger partial charge >= 0.3 is 0 Å². The highest BCUT2D eigenvalue weighted by atomic mass is 35.5. The van der Waals surface area contributed by atoms with E-state index < -0.39 is 0 Å². The fourth-order valence-corrected chi connectivity index (χ4v) is 3.06. The molecule has 0 saturated heterocycles. The third-order valence-corrected chi connectivity index (χ3v) is 4.35. The number of hydrogen-bond acceptors (Lipinski definition) is 4. The Bertz CT molecular complexity index is 1030. The van der Waals surface area contributed by atoms with Crippen molar-refractivity contribution in [1.82, 2.24) is 29.1 Å². The highest BCUT2D eigenvalue weighted by Crippen LogP contribution is 2.28. The van der Waals surface area contributed by atoms with E-state index in [2.05, 4.69) is 37.5 Å².